The Kier molecular flexibility index (Phi) is 5.12. The highest BCUT2D eigenvalue weighted by atomic mass is 32.1. The number of carbonyl (C=O) groups excluding carboxylic acids is 1. The van der Waals surface area contributed by atoms with E-state index in [0.717, 1.165) is 35.0 Å². The third-order valence-corrected chi connectivity index (χ3v) is 5.99. The van der Waals surface area contributed by atoms with Gasteiger partial charge in [0.2, 0.25) is 5.91 Å². The van der Waals surface area contributed by atoms with E-state index >= 15 is 0 Å². The van der Waals surface area contributed by atoms with Crippen LogP contribution in [0.15, 0.2) is 18.2 Å². The minimum atomic E-state index is -0.146. The van der Waals surface area contributed by atoms with Crippen molar-refractivity contribution in [3.8, 4) is 11.5 Å². The van der Waals surface area contributed by atoms with Gasteiger partial charge in [-0.3, -0.25) is 4.79 Å². The van der Waals surface area contributed by atoms with Gasteiger partial charge in [-0.15, -0.1) is 0 Å². The van der Waals surface area contributed by atoms with Gasteiger partial charge in [0.25, 0.3) is 0 Å². The van der Waals surface area contributed by atoms with Crippen LogP contribution < -0.4 is 20.1 Å². The van der Waals surface area contributed by atoms with Crippen LogP contribution in [0.5, 0.6) is 11.5 Å². The number of carbonyl (C=O) groups is 1. The second-order valence-corrected chi connectivity index (χ2v) is 8.12. The molecule has 3 aliphatic rings. The minimum Gasteiger partial charge on any atom is -0.497 e. The van der Waals surface area contributed by atoms with E-state index in [1.165, 1.54) is 12.8 Å². The SMILES string of the molecule is COc1ccc([C@H]2CN(C(=S)NC3CC3)C[C@H]2C(=O)NC2CC2)c(OC)c1. The molecule has 146 valence electrons. The Morgan fingerprint density at radius 2 is 1.78 bits per heavy atom. The predicted octanol–water partition coefficient (Wildman–Crippen LogP) is 2.03. The second kappa shape index (κ2) is 7.54. The van der Waals surface area contributed by atoms with Gasteiger partial charge in [-0.2, -0.15) is 0 Å². The van der Waals surface area contributed by atoms with Gasteiger partial charge in [0.05, 0.1) is 20.1 Å². The molecular weight excluding hydrogens is 362 g/mol. The third-order valence-electron chi connectivity index (χ3n) is 5.61. The molecule has 0 radical (unpaired) electrons. The molecular formula is C20H27N3O3S. The largest absolute Gasteiger partial charge is 0.497 e. The number of likely N-dealkylation sites (tertiary alicyclic amines) is 1. The van der Waals surface area contributed by atoms with Gasteiger partial charge in [-0.1, -0.05) is 6.07 Å². The Balaban J connectivity index is 1.58. The third kappa shape index (κ3) is 4.13. The number of nitrogens with one attached hydrogen (secondary N) is 2. The monoisotopic (exact) mass is 389 g/mol. The summed E-state index contributed by atoms with van der Waals surface area (Å²) in [7, 11) is 3.29. The molecule has 7 heteroatoms. The number of thiocarbonyl (C=S) groups is 1. The molecule has 1 amide bonds. The van der Waals surface area contributed by atoms with Gasteiger partial charge < -0.3 is 25.0 Å². The molecule has 0 bridgehead atoms. The molecule has 0 aromatic heterocycles. The van der Waals surface area contributed by atoms with Crippen LogP contribution in [0.4, 0.5) is 0 Å². The van der Waals surface area contributed by atoms with Crippen molar-refractivity contribution in [3.05, 3.63) is 23.8 Å². The van der Waals surface area contributed by atoms with Crippen LogP contribution in [-0.4, -0.2) is 55.3 Å². The number of hydrogen-bond acceptors (Lipinski definition) is 4. The zero-order chi connectivity index (χ0) is 19.0. The van der Waals surface area contributed by atoms with Crippen molar-refractivity contribution in [3.63, 3.8) is 0 Å². The number of benzene rings is 1. The number of amides is 1. The van der Waals surface area contributed by atoms with E-state index in [0.29, 0.717) is 25.2 Å². The first-order valence-electron chi connectivity index (χ1n) is 9.66. The summed E-state index contributed by atoms with van der Waals surface area (Å²) in [4.78, 5) is 15.1. The van der Waals surface area contributed by atoms with Crippen molar-refractivity contribution in [2.24, 2.45) is 5.92 Å². The molecule has 1 aliphatic heterocycles. The Bertz CT molecular complexity index is 733. The molecule has 1 heterocycles. The maximum absolute atomic E-state index is 12.9. The van der Waals surface area contributed by atoms with Gasteiger partial charge in [-0.05, 0) is 44.0 Å². The molecule has 2 atom stereocenters. The standard InChI is InChI=1S/C20H27N3O3S/c1-25-14-7-8-15(18(9-14)26-2)16-10-23(20(27)22-13-5-6-13)11-17(16)19(24)21-12-3-4-12/h7-9,12-13,16-17H,3-6,10-11H2,1-2H3,(H,21,24)(H,22,27)/t16-,17-/m1/s1. The molecule has 27 heavy (non-hydrogen) atoms. The van der Waals surface area contributed by atoms with E-state index < -0.39 is 0 Å². The maximum atomic E-state index is 12.9. The van der Waals surface area contributed by atoms with Crippen molar-refractivity contribution in [2.45, 2.75) is 43.7 Å². The van der Waals surface area contributed by atoms with Gasteiger partial charge >= 0.3 is 0 Å². The van der Waals surface area contributed by atoms with Crippen molar-refractivity contribution in [1.82, 2.24) is 15.5 Å². The lowest BCUT2D eigenvalue weighted by Gasteiger charge is -2.21. The van der Waals surface area contributed by atoms with Gasteiger partial charge in [0.1, 0.15) is 11.5 Å². The molecule has 4 rings (SSSR count). The summed E-state index contributed by atoms with van der Waals surface area (Å²) >= 11 is 5.61. The summed E-state index contributed by atoms with van der Waals surface area (Å²) in [5.74, 6) is 1.51. The van der Waals surface area contributed by atoms with Crippen LogP contribution in [0.3, 0.4) is 0 Å². The van der Waals surface area contributed by atoms with Crippen LogP contribution in [0, 0.1) is 5.92 Å². The van der Waals surface area contributed by atoms with Crippen LogP contribution in [0.1, 0.15) is 37.2 Å². The molecule has 1 aromatic rings. The minimum absolute atomic E-state index is 0.0311. The molecule has 0 spiro atoms. The van der Waals surface area contributed by atoms with Crippen molar-refractivity contribution in [2.75, 3.05) is 27.3 Å². The fourth-order valence-corrected chi connectivity index (χ4v) is 4.02. The molecule has 1 aromatic carbocycles. The summed E-state index contributed by atoms with van der Waals surface area (Å²) in [5.41, 5.74) is 1.03. The molecule has 2 saturated carbocycles. The van der Waals surface area contributed by atoms with E-state index in [1.54, 1.807) is 14.2 Å². The van der Waals surface area contributed by atoms with E-state index in [1.807, 2.05) is 18.2 Å². The number of ether oxygens (including phenoxy) is 2. The first kappa shape index (κ1) is 18.3. The zero-order valence-electron chi connectivity index (χ0n) is 15.9. The normalized spacial score (nSPS) is 24.4. The van der Waals surface area contributed by atoms with Crippen LogP contribution in [0.2, 0.25) is 0 Å². The molecule has 3 fully saturated rings. The molecule has 2 N–H and O–H groups in total. The topological polar surface area (TPSA) is 62.8 Å². The highest BCUT2D eigenvalue weighted by molar-refractivity contribution is 7.80. The summed E-state index contributed by atoms with van der Waals surface area (Å²) in [5, 5.41) is 7.34. The first-order chi connectivity index (χ1) is 13.1. The van der Waals surface area contributed by atoms with E-state index in [2.05, 4.69) is 15.5 Å². The highest BCUT2D eigenvalue weighted by Crippen LogP contribution is 2.40. The Morgan fingerprint density at radius 3 is 2.41 bits per heavy atom. The van der Waals surface area contributed by atoms with Crippen LogP contribution in [0.25, 0.3) is 0 Å². The predicted molar refractivity (Wildman–Crippen MR) is 107 cm³/mol. The fraction of sp³-hybridized carbons (Fsp3) is 0.600. The number of hydrogen-bond donors (Lipinski definition) is 2. The highest BCUT2D eigenvalue weighted by Gasteiger charge is 2.42. The van der Waals surface area contributed by atoms with Crippen molar-refractivity contribution < 1.29 is 14.3 Å². The number of methoxy groups -OCH3 is 2. The fourth-order valence-electron chi connectivity index (χ4n) is 3.70. The van der Waals surface area contributed by atoms with Crippen LogP contribution >= 0.6 is 12.2 Å². The number of nitrogens with zero attached hydrogens (tertiary/aromatic N) is 1. The Hall–Kier alpha value is -2.02. The van der Waals surface area contributed by atoms with Gasteiger partial charge in [-0.25, -0.2) is 0 Å². The molecule has 2 aliphatic carbocycles. The van der Waals surface area contributed by atoms with Gasteiger partial charge in [0.15, 0.2) is 5.11 Å². The molecule has 1 saturated heterocycles. The van der Waals surface area contributed by atoms with E-state index in [-0.39, 0.29) is 17.7 Å². The molecule has 6 nitrogen and oxygen atoms in total. The lowest BCUT2D eigenvalue weighted by molar-refractivity contribution is -0.125. The first-order valence-corrected chi connectivity index (χ1v) is 10.1. The summed E-state index contributed by atoms with van der Waals surface area (Å²) < 4.78 is 10.9. The lowest BCUT2D eigenvalue weighted by Crippen LogP contribution is -2.41. The van der Waals surface area contributed by atoms with E-state index in [4.69, 9.17) is 21.7 Å². The quantitative estimate of drug-likeness (QED) is 0.726. The van der Waals surface area contributed by atoms with Crippen molar-refractivity contribution >= 4 is 23.2 Å². The van der Waals surface area contributed by atoms with Gasteiger partial charge in [0, 0.05) is 42.7 Å². The molecule has 0 unspecified atom stereocenters. The average molecular weight is 390 g/mol. The Labute approximate surface area is 165 Å². The summed E-state index contributed by atoms with van der Waals surface area (Å²) in [6.07, 6.45) is 4.52. The lowest BCUT2D eigenvalue weighted by atomic mass is 9.87. The maximum Gasteiger partial charge on any atom is 0.225 e. The smallest absolute Gasteiger partial charge is 0.225 e. The van der Waals surface area contributed by atoms with Crippen molar-refractivity contribution in [1.29, 1.82) is 0 Å². The summed E-state index contributed by atoms with van der Waals surface area (Å²) in [6, 6.07) is 6.68. The average Bonchev–Trinajstić information content (AvgIpc) is 3.61. The number of rotatable bonds is 6. The Morgan fingerprint density at radius 1 is 1.07 bits per heavy atom. The second-order valence-electron chi connectivity index (χ2n) is 7.73. The van der Waals surface area contributed by atoms with E-state index in [9.17, 15) is 4.79 Å². The summed E-state index contributed by atoms with van der Waals surface area (Å²) in [6.45, 7) is 1.35. The van der Waals surface area contributed by atoms with Crippen LogP contribution in [-0.2, 0) is 4.79 Å². The zero-order valence-corrected chi connectivity index (χ0v) is 16.7.